The van der Waals surface area contributed by atoms with Gasteiger partial charge in [-0.05, 0) is 31.4 Å². The number of likely N-dealkylation sites (N-methyl/N-ethyl adjacent to an activating group) is 1. The Balaban J connectivity index is 1.34. The number of nitrogens with one attached hydrogen (secondary N) is 1. The van der Waals surface area contributed by atoms with Crippen molar-refractivity contribution in [3.05, 3.63) is 63.4 Å². The number of anilines is 1. The molecular weight excluding hydrogens is 372 g/mol. The van der Waals surface area contributed by atoms with Crippen LogP contribution in [-0.4, -0.2) is 58.7 Å². The average Bonchev–Trinajstić information content (AvgIpc) is 3.14. The van der Waals surface area contributed by atoms with Crippen LogP contribution in [0, 0.1) is 0 Å². The van der Waals surface area contributed by atoms with Gasteiger partial charge in [-0.25, -0.2) is 4.79 Å². The molecule has 2 aromatic rings. The van der Waals surface area contributed by atoms with Crippen molar-refractivity contribution in [2.45, 2.75) is 37.5 Å². The molecule has 2 saturated heterocycles. The number of H-pyrrole nitrogens is 1. The van der Waals surface area contributed by atoms with E-state index in [1.807, 2.05) is 18.2 Å². The van der Waals surface area contributed by atoms with Gasteiger partial charge < -0.3 is 14.5 Å². The summed E-state index contributed by atoms with van der Waals surface area (Å²) in [4.78, 5) is 41.8. The van der Waals surface area contributed by atoms with Crippen molar-refractivity contribution in [3.8, 4) is 0 Å². The number of hydrogen-bond acceptors (Lipinski definition) is 5. The zero-order valence-corrected chi connectivity index (χ0v) is 16.5. The maximum Gasteiger partial charge on any atom is 0.328 e. The van der Waals surface area contributed by atoms with E-state index in [1.165, 1.54) is 22.5 Å². The highest BCUT2D eigenvalue weighted by molar-refractivity contribution is 5.76. The number of ether oxygens (including phenoxy) is 1. The lowest BCUT2D eigenvalue weighted by Crippen LogP contribution is -2.48. The van der Waals surface area contributed by atoms with Crippen LogP contribution in [0.15, 0.2) is 52.2 Å². The van der Waals surface area contributed by atoms with Gasteiger partial charge in [0.15, 0.2) is 0 Å². The molecule has 0 saturated carbocycles. The molecule has 0 radical (unpaired) electrons. The molecule has 1 aromatic heterocycles. The minimum atomic E-state index is -0.565. The number of rotatable bonds is 4. The molecule has 154 valence electrons. The number of carbonyl (C=O) groups is 1. The third-order valence-corrected chi connectivity index (χ3v) is 6.13. The van der Waals surface area contributed by atoms with Gasteiger partial charge in [-0.1, -0.05) is 18.2 Å². The van der Waals surface area contributed by atoms with Crippen LogP contribution in [0.25, 0.3) is 0 Å². The van der Waals surface area contributed by atoms with E-state index in [1.54, 1.807) is 4.90 Å². The minimum absolute atomic E-state index is 0.0666. The lowest BCUT2D eigenvalue weighted by atomic mass is 9.87. The molecule has 1 N–H and O–H groups in total. The molecule has 1 spiro atoms. The van der Waals surface area contributed by atoms with Crippen molar-refractivity contribution in [1.29, 1.82) is 0 Å². The topological polar surface area (TPSA) is 87.6 Å². The average molecular weight is 398 g/mol. The summed E-state index contributed by atoms with van der Waals surface area (Å²) in [6.45, 7) is 1.84. The maximum atomic E-state index is 12.6. The van der Waals surface area contributed by atoms with Gasteiger partial charge in [-0.2, -0.15) is 0 Å². The second-order valence-electron chi connectivity index (χ2n) is 7.92. The fourth-order valence-electron chi connectivity index (χ4n) is 4.27. The Hall–Kier alpha value is -2.87. The Labute approximate surface area is 168 Å². The third-order valence-electron chi connectivity index (χ3n) is 6.13. The van der Waals surface area contributed by atoms with Gasteiger partial charge in [0, 0.05) is 38.1 Å². The molecule has 0 unspecified atom stereocenters. The molecule has 2 aliphatic rings. The molecule has 2 fully saturated rings. The fourth-order valence-corrected chi connectivity index (χ4v) is 4.27. The molecule has 2 aliphatic heterocycles. The van der Waals surface area contributed by atoms with E-state index in [9.17, 15) is 14.4 Å². The first kappa shape index (κ1) is 19.4. The van der Waals surface area contributed by atoms with Crippen molar-refractivity contribution < 1.29 is 9.53 Å². The van der Waals surface area contributed by atoms with Gasteiger partial charge in [0.25, 0.3) is 5.56 Å². The smallest absolute Gasteiger partial charge is 0.328 e. The highest BCUT2D eigenvalue weighted by Crippen LogP contribution is 2.38. The zero-order chi connectivity index (χ0) is 20.4. The number of aromatic amines is 1. The van der Waals surface area contributed by atoms with E-state index in [0.717, 1.165) is 19.3 Å². The van der Waals surface area contributed by atoms with Crippen molar-refractivity contribution in [2.75, 3.05) is 31.6 Å². The predicted octanol–water partition coefficient (Wildman–Crippen LogP) is 0.823. The first-order valence-electron chi connectivity index (χ1n) is 9.95. The van der Waals surface area contributed by atoms with E-state index < -0.39 is 11.2 Å². The molecule has 4 rings (SSSR count). The molecule has 0 bridgehead atoms. The first-order chi connectivity index (χ1) is 14.0. The van der Waals surface area contributed by atoms with Gasteiger partial charge in [0.05, 0.1) is 18.2 Å². The van der Waals surface area contributed by atoms with Crippen LogP contribution < -0.4 is 16.1 Å². The van der Waals surface area contributed by atoms with Crippen LogP contribution in [0.3, 0.4) is 0 Å². The van der Waals surface area contributed by atoms with Crippen molar-refractivity contribution in [1.82, 2.24) is 14.5 Å². The Kier molecular flexibility index (Phi) is 5.27. The fraction of sp³-hybridized carbons (Fsp3) is 0.476. The minimum Gasteiger partial charge on any atom is -0.373 e. The number of likely N-dealkylation sites (tertiary alicyclic amines) is 1. The highest BCUT2D eigenvalue weighted by Gasteiger charge is 2.44. The predicted molar refractivity (Wildman–Crippen MR) is 109 cm³/mol. The van der Waals surface area contributed by atoms with Crippen LogP contribution in [0.5, 0.6) is 0 Å². The van der Waals surface area contributed by atoms with Gasteiger partial charge in [0.2, 0.25) is 5.91 Å². The van der Waals surface area contributed by atoms with E-state index in [0.29, 0.717) is 25.7 Å². The summed E-state index contributed by atoms with van der Waals surface area (Å²) in [5, 5.41) is 0. The lowest BCUT2D eigenvalue weighted by Gasteiger charge is -2.39. The van der Waals surface area contributed by atoms with Crippen molar-refractivity contribution in [3.63, 3.8) is 0 Å². The molecule has 8 heteroatoms. The Bertz CT molecular complexity index is 976. The monoisotopic (exact) mass is 398 g/mol. The molecular formula is C21H26N4O4. The third kappa shape index (κ3) is 4.12. The first-order valence-corrected chi connectivity index (χ1v) is 9.95. The zero-order valence-electron chi connectivity index (χ0n) is 16.5. The van der Waals surface area contributed by atoms with E-state index in [2.05, 4.69) is 29.1 Å². The molecule has 1 atom stereocenters. The van der Waals surface area contributed by atoms with E-state index in [4.69, 9.17) is 4.74 Å². The van der Waals surface area contributed by atoms with E-state index >= 15 is 0 Å². The maximum absolute atomic E-state index is 12.6. The molecule has 1 aromatic carbocycles. The Morgan fingerprint density at radius 1 is 1.21 bits per heavy atom. The number of para-hydroxylation sites is 1. The molecule has 29 heavy (non-hydrogen) atoms. The summed E-state index contributed by atoms with van der Waals surface area (Å²) in [7, 11) is 2.10. The summed E-state index contributed by atoms with van der Waals surface area (Å²) in [6.07, 6.45) is 3.88. The summed E-state index contributed by atoms with van der Waals surface area (Å²) < 4.78 is 7.47. The SMILES string of the molecule is CN(c1ccccc1)[C@H]1COC2(CCN(C(=O)Cn3ccc(=O)[nH]c3=O)CC2)C1. The number of aromatic nitrogens is 2. The Morgan fingerprint density at radius 2 is 1.93 bits per heavy atom. The molecule has 3 heterocycles. The van der Waals surface area contributed by atoms with Gasteiger partial charge >= 0.3 is 5.69 Å². The lowest BCUT2D eigenvalue weighted by molar-refractivity contribution is -0.136. The number of nitrogens with zero attached hydrogens (tertiary/aromatic N) is 3. The van der Waals surface area contributed by atoms with Crippen molar-refractivity contribution in [2.24, 2.45) is 0 Å². The standard InChI is InChI=1S/C21H26N4O4/c1-23(16-5-3-2-4-6-16)17-13-21(29-15-17)8-11-24(12-9-21)19(27)14-25-10-7-18(26)22-20(25)28/h2-7,10,17H,8-9,11-15H2,1H3,(H,22,26,28)/t17-/m1/s1. The van der Waals surface area contributed by atoms with Crippen LogP contribution in [-0.2, 0) is 16.1 Å². The number of benzene rings is 1. The number of piperidine rings is 1. The van der Waals surface area contributed by atoms with Crippen LogP contribution in [0.2, 0.25) is 0 Å². The second kappa shape index (κ2) is 7.87. The summed E-state index contributed by atoms with van der Waals surface area (Å²) in [5.74, 6) is -0.120. The van der Waals surface area contributed by atoms with Gasteiger partial charge in [-0.15, -0.1) is 0 Å². The summed E-state index contributed by atoms with van der Waals surface area (Å²) >= 11 is 0. The van der Waals surface area contributed by atoms with Crippen LogP contribution >= 0.6 is 0 Å². The van der Waals surface area contributed by atoms with E-state index in [-0.39, 0.29) is 18.1 Å². The van der Waals surface area contributed by atoms with Crippen LogP contribution in [0.4, 0.5) is 5.69 Å². The van der Waals surface area contributed by atoms with Gasteiger partial charge in [0.1, 0.15) is 6.54 Å². The van der Waals surface area contributed by atoms with Crippen molar-refractivity contribution >= 4 is 11.6 Å². The quantitative estimate of drug-likeness (QED) is 0.824. The highest BCUT2D eigenvalue weighted by atomic mass is 16.5. The molecule has 0 aliphatic carbocycles. The largest absolute Gasteiger partial charge is 0.373 e. The van der Waals surface area contributed by atoms with Crippen LogP contribution in [0.1, 0.15) is 19.3 Å². The molecule has 8 nitrogen and oxygen atoms in total. The summed E-state index contributed by atoms with van der Waals surface area (Å²) in [6, 6.07) is 11.9. The normalized spacial score (nSPS) is 20.7. The number of carbonyl (C=O) groups excluding carboxylic acids is 1. The Morgan fingerprint density at radius 3 is 2.62 bits per heavy atom. The number of hydrogen-bond donors (Lipinski definition) is 1. The number of amides is 1. The second-order valence-corrected chi connectivity index (χ2v) is 7.92. The summed E-state index contributed by atoms with van der Waals surface area (Å²) in [5.41, 5.74) is -0.0337. The van der Waals surface area contributed by atoms with Gasteiger partial charge in [-0.3, -0.25) is 19.1 Å². The molecule has 1 amide bonds.